The second-order valence-corrected chi connectivity index (χ2v) is 10.2. The Kier molecular flexibility index (Phi) is 6.50. The van der Waals surface area contributed by atoms with Crippen LogP contribution in [0.1, 0.15) is 52.4 Å². The van der Waals surface area contributed by atoms with Gasteiger partial charge in [-0.15, -0.1) is 0 Å². The maximum Gasteiger partial charge on any atom is 0.302 e. The minimum atomic E-state index is -0.678. The van der Waals surface area contributed by atoms with Crippen molar-refractivity contribution in [1.29, 1.82) is 5.26 Å². The lowest BCUT2D eigenvalue weighted by atomic mass is 9.44. The highest BCUT2D eigenvalue weighted by Crippen LogP contribution is 2.76. The fourth-order valence-corrected chi connectivity index (χ4v) is 7.93. The number of hydrogen-bond donors (Lipinski definition) is 0. The normalized spacial score (nSPS) is 41.8. The van der Waals surface area contributed by atoms with E-state index in [1.165, 1.54) is 6.92 Å². The summed E-state index contributed by atoms with van der Waals surface area (Å²) in [5, 5.41) is 10.1. The molecule has 4 bridgehead atoms. The maximum absolute atomic E-state index is 13.8. The summed E-state index contributed by atoms with van der Waals surface area (Å²) in [6.07, 6.45) is 8.81. The van der Waals surface area contributed by atoms with Crippen LogP contribution in [-0.4, -0.2) is 51.6 Å². The van der Waals surface area contributed by atoms with Crippen molar-refractivity contribution in [1.82, 2.24) is 0 Å². The molecule has 1 unspecified atom stereocenters. The molecule has 3 saturated carbocycles. The Morgan fingerprint density at radius 3 is 2.81 bits per heavy atom. The minimum Gasteiger partial charge on any atom is -0.466 e. The zero-order chi connectivity index (χ0) is 23.0. The van der Waals surface area contributed by atoms with E-state index in [2.05, 4.69) is 18.2 Å². The van der Waals surface area contributed by atoms with Crippen LogP contribution in [0.5, 0.6) is 0 Å². The summed E-state index contributed by atoms with van der Waals surface area (Å²) in [4.78, 5) is 25.2. The van der Waals surface area contributed by atoms with E-state index in [9.17, 15) is 14.9 Å². The van der Waals surface area contributed by atoms with Gasteiger partial charge in [-0.25, -0.2) is 0 Å². The predicted molar refractivity (Wildman–Crippen MR) is 115 cm³/mol. The molecule has 0 aromatic heterocycles. The van der Waals surface area contributed by atoms with Gasteiger partial charge in [0.25, 0.3) is 0 Å². The first-order valence-electron chi connectivity index (χ1n) is 11.8. The van der Waals surface area contributed by atoms with E-state index in [0.717, 1.165) is 25.7 Å². The standard InChI is InChI=1S/C25H35NO6/c1-17(27)31-11-10-24-14-19(28)21-23(2,15-26)8-5-9-25(21)20(24)7-4-6-18(24)22(25)32-13-12-30-16-29-3/h4,6,18,20-22H,5,7-14,16H2,1-3H3/t18-,20-,21-,22?,23+,24+,25-/m1/s1. The van der Waals surface area contributed by atoms with Crippen molar-refractivity contribution >= 4 is 11.8 Å². The van der Waals surface area contributed by atoms with Gasteiger partial charge < -0.3 is 18.9 Å². The smallest absolute Gasteiger partial charge is 0.302 e. The molecular formula is C25H35NO6. The van der Waals surface area contributed by atoms with Crippen molar-refractivity contribution in [3.8, 4) is 6.07 Å². The van der Waals surface area contributed by atoms with Crippen LogP contribution in [0.25, 0.3) is 0 Å². The van der Waals surface area contributed by atoms with Crippen LogP contribution in [-0.2, 0) is 28.5 Å². The highest BCUT2D eigenvalue weighted by molar-refractivity contribution is 5.86. The van der Waals surface area contributed by atoms with Crippen LogP contribution < -0.4 is 0 Å². The molecule has 7 atom stereocenters. The summed E-state index contributed by atoms with van der Waals surface area (Å²) in [5.74, 6) is -0.131. The predicted octanol–water partition coefficient (Wildman–Crippen LogP) is 3.43. The van der Waals surface area contributed by atoms with Crippen molar-refractivity contribution in [3.63, 3.8) is 0 Å². The highest BCUT2D eigenvalue weighted by atomic mass is 16.7. The van der Waals surface area contributed by atoms with Crippen LogP contribution in [0.2, 0.25) is 0 Å². The number of esters is 1. The average Bonchev–Trinajstić information content (AvgIpc) is 2.85. The largest absolute Gasteiger partial charge is 0.466 e. The summed E-state index contributed by atoms with van der Waals surface area (Å²) in [6.45, 7) is 4.74. The summed E-state index contributed by atoms with van der Waals surface area (Å²) in [6, 6.07) is 2.54. The van der Waals surface area contributed by atoms with E-state index in [4.69, 9.17) is 18.9 Å². The van der Waals surface area contributed by atoms with Crippen molar-refractivity contribution in [2.45, 2.75) is 58.5 Å². The lowest BCUT2D eigenvalue weighted by Gasteiger charge is -2.58. The summed E-state index contributed by atoms with van der Waals surface area (Å²) in [5.41, 5.74) is -1.34. The van der Waals surface area contributed by atoms with Crippen molar-refractivity contribution < 1.29 is 28.5 Å². The van der Waals surface area contributed by atoms with Gasteiger partial charge in [0.05, 0.1) is 37.4 Å². The van der Waals surface area contributed by atoms with Gasteiger partial charge in [-0.1, -0.05) is 18.6 Å². The molecule has 176 valence electrons. The second-order valence-electron chi connectivity index (χ2n) is 10.2. The molecule has 0 aromatic rings. The first kappa shape index (κ1) is 23.4. The van der Waals surface area contributed by atoms with E-state index < -0.39 is 5.41 Å². The van der Waals surface area contributed by atoms with Gasteiger partial charge in [-0.05, 0) is 43.9 Å². The third kappa shape index (κ3) is 3.43. The number of ether oxygens (including phenoxy) is 4. The van der Waals surface area contributed by atoms with E-state index >= 15 is 0 Å². The summed E-state index contributed by atoms with van der Waals surface area (Å²) >= 11 is 0. The van der Waals surface area contributed by atoms with Gasteiger partial charge in [-0.3, -0.25) is 9.59 Å². The van der Waals surface area contributed by atoms with E-state index in [0.29, 0.717) is 32.7 Å². The highest BCUT2D eigenvalue weighted by Gasteiger charge is 2.76. The fraction of sp³-hybridized carbons (Fsp3) is 0.800. The third-order valence-corrected chi connectivity index (χ3v) is 8.74. The van der Waals surface area contributed by atoms with Gasteiger partial charge in [0, 0.05) is 37.7 Å². The summed E-state index contributed by atoms with van der Waals surface area (Å²) < 4.78 is 22.3. The minimum absolute atomic E-state index is 0.0641. The maximum atomic E-state index is 13.8. The SMILES string of the molecule is COCOCCOC1[C@H]2C=CC[C@@H]3[C@@]2(CCOC(C)=O)CC(=O)[C@H]2[C@]13CCC[C@@]2(C)C#N. The number of Topliss-reactive ketones (excluding diaryl/α,β-unsaturated/α-hetero) is 1. The van der Waals surface area contributed by atoms with E-state index in [-0.39, 0.29) is 53.2 Å². The Hall–Kier alpha value is -1.75. The molecule has 0 aromatic carbocycles. The Morgan fingerprint density at radius 2 is 2.09 bits per heavy atom. The van der Waals surface area contributed by atoms with Crippen molar-refractivity contribution in [2.75, 3.05) is 33.7 Å². The Morgan fingerprint density at radius 1 is 1.28 bits per heavy atom. The second kappa shape index (κ2) is 8.89. The molecule has 1 spiro atoms. The molecule has 0 saturated heterocycles. The Balaban J connectivity index is 1.72. The van der Waals surface area contributed by atoms with Crippen LogP contribution >= 0.6 is 0 Å². The van der Waals surface area contributed by atoms with Gasteiger partial charge in [-0.2, -0.15) is 5.26 Å². The molecule has 0 heterocycles. The Bertz CT molecular complexity index is 820. The van der Waals surface area contributed by atoms with Crippen molar-refractivity contribution in [2.24, 2.45) is 34.0 Å². The molecule has 7 nitrogen and oxygen atoms in total. The number of allylic oxidation sites excluding steroid dienone is 1. The number of methoxy groups -OCH3 is 1. The molecule has 4 aliphatic rings. The molecule has 0 aliphatic heterocycles. The molecule has 0 amide bonds. The number of ketones is 1. The molecule has 0 radical (unpaired) electrons. The Labute approximate surface area is 190 Å². The lowest BCUT2D eigenvalue weighted by molar-refractivity contribution is -0.169. The van der Waals surface area contributed by atoms with Gasteiger partial charge in [0.15, 0.2) is 0 Å². The monoisotopic (exact) mass is 445 g/mol. The topological polar surface area (TPSA) is 94.8 Å². The number of rotatable bonds is 9. The van der Waals surface area contributed by atoms with E-state index in [1.54, 1.807) is 7.11 Å². The van der Waals surface area contributed by atoms with Crippen LogP contribution in [0, 0.1) is 45.3 Å². The van der Waals surface area contributed by atoms with Crippen LogP contribution in [0.15, 0.2) is 12.2 Å². The van der Waals surface area contributed by atoms with E-state index in [1.807, 2.05) is 6.92 Å². The zero-order valence-corrected chi connectivity index (χ0v) is 19.4. The molecule has 4 rings (SSSR count). The van der Waals surface area contributed by atoms with Crippen LogP contribution in [0.4, 0.5) is 0 Å². The average molecular weight is 446 g/mol. The number of carbonyl (C=O) groups excluding carboxylic acids is 2. The van der Waals surface area contributed by atoms with Crippen LogP contribution in [0.3, 0.4) is 0 Å². The zero-order valence-electron chi connectivity index (χ0n) is 19.4. The molecular weight excluding hydrogens is 410 g/mol. The molecule has 3 fully saturated rings. The number of hydrogen-bond acceptors (Lipinski definition) is 7. The number of nitrogens with zero attached hydrogens (tertiary/aromatic N) is 1. The van der Waals surface area contributed by atoms with Gasteiger partial charge >= 0.3 is 5.97 Å². The first-order valence-corrected chi connectivity index (χ1v) is 11.8. The summed E-state index contributed by atoms with van der Waals surface area (Å²) in [7, 11) is 1.58. The number of nitriles is 1. The molecule has 32 heavy (non-hydrogen) atoms. The third-order valence-electron chi connectivity index (χ3n) is 8.74. The van der Waals surface area contributed by atoms with Gasteiger partial charge in [0.1, 0.15) is 12.6 Å². The fourth-order valence-electron chi connectivity index (χ4n) is 7.93. The molecule has 7 heteroatoms. The van der Waals surface area contributed by atoms with Gasteiger partial charge in [0.2, 0.25) is 0 Å². The first-order chi connectivity index (χ1) is 15.4. The lowest BCUT2D eigenvalue weighted by Crippen LogP contribution is -2.59. The quantitative estimate of drug-likeness (QED) is 0.232. The number of carbonyl (C=O) groups is 2. The molecule has 4 aliphatic carbocycles. The molecule has 0 N–H and O–H groups in total. The van der Waals surface area contributed by atoms with Crippen molar-refractivity contribution in [3.05, 3.63) is 12.2 Å².